The molecule has 0 saturated carbocycles. The van der Waals surface area contributed by atoms with E-state index >= 15 is 0 Å². The van der Waals surface area contributed by atoms with Gasteiger partial charge in [-0.25, -0.2) is 0 Å². The van der Waals surface area contributed by atoms with Gasteiger partial charge in [0.15, 0.2) is 0 Å². The largest absolute Gasteiger partial charge is 0.323 e. The van der Waals surface area contributed by atoms with Crippen molar-refractivity contribution >= 4 is 40.9 Å². The number of para-hydroxylation sites is 1. The highest BCUT2D eigenvalue weighted by atomic mass is 35.5. The average molecular weight is 437 g/mol. The average Bonchev–Trinajstić information content (AvgIpc) is 3.10. The molecule has 3 aromatic carbocycles. The molecule has 1 aliphatic rings. The molecule has 30 heavy (non-hydrogen) atoms. The molecular formula is C24H21ClN2O2S. The Hall–Kier alpha value is -2.76. The number of hydrogen-bond acceptors (Lipinski definition) is 3. The molecule has 152 valence electrons. The summed E-state index contributed by atoms with van der Waals surface area (Å²) < 4.78 is 0. The Bertz CT molecular complexity index is 1060. The van der Waals surface area contributed by atoms with Crippen LogP contribution in [-0.4, -0.2) is 28.5 Å². The van der Waals surface area contributed by atoms with Crippen molar-refractivity contribution in [1.82, 2.24) is 4.90 Å². The first-order valence-corrected chi connectivity index (χ1v) is 11.2. The summed E-state index contributed by atoms with van der Waals surface area (Å²) in [5.74, 6) is 0.923. The summed E-state index contributed by atoms with van der Waals surface area (Å²) in [6.45, 7) is 0.432. The van der Waals surface area contributed by atoms with Crippen LogP contribution in [-0.2, 0) is 17.1 Å². The number of fused-ring (bicyclic) bond motifs is 1. The second-order valence-corrected chi connectivity index (χ2v) is 8.51. The van der Waals surface area contributed by atoms with Crippen molar-refractivity contribution in [3.8, 4) is 0 Å². The van der Waals surface area contributed by atoms with E-state index in [1.165, 1.54) is 5.56 Å². The van der Waals surface area contributed by atoms with Crippen LogP contribution >= 0.6 is 23.4 Å². The van der Waals surface area contributed by atoms with Crippen LogP contribution in [0.25, 0.3) is 0 Å². The first kappa shape index (κ1) is 20.5. The van der Waals surface area contributed by atoms with Gasteiger partial charge < -0.3 is 10.2 Å². The van der Waals surface area contributed by atoms with Crippen LogP contribution in [0.5, 0.6) is 0 Å². The summed E-state index contributed by atoms with van der Waals surface area (Å²) in [6.07, 6.45) is 0. The zero-order valence-corrected chi connectivity index (χ0v) is 17.8. The van der Waals surface area contributed by atoms with Crippen molar-refractivity contribution in [2.75, 3.05) is 11.1 Å². The summed E-state index contributed by atoms with van der Waals surface area (Å²) in [4.78, 5) is 27.9. The minimum atomic E-state index is -0.602. The standard InChI is InChI=1S/C24H21ClN2O2S/c25-20-12-6-7-13-21(20)26-23(28)22(16-30-15-17-8-2-1-3-9-17)27-14-18-10-4-5-11-19(18)24(27)29/h1-13,22H,14-16H2,(H,26,28)/t22-/m0/s1. The summed E-state index contributed by atoms with van der Waals surface area (Å²) in [7, 11) is 0. The molecule has 1 N–H and O–H groups in total. The van der Waals surface area contributed by atoms with E-state index in [2.05, 4.69) is 17.4 Å². The number of rotatable bonds is 7. The highest BCUT2D eigenvalue weighted by Gasteiger charge is 2.36. The number of amides is 2. The zero-order valence-electron chi connectivity index (χ0n) is 16.3. The fourth-order valence-electron chi connectivity index (χ4n) is 3.48. The Balaban J connectivity index is 1.52. The number of halogens is 1. The van der Waals surface area contributed by atoms with Gasteiger partial charge in [-0.1, -0.05) is 72.3 Å². The third kappa shape index (κ3) is 4.53. The fourth-order valence-corrected chi connectivity index (χ4v) is 4.76. The first-order valence-electron chi connectivity index (χ1n) is 9.69. The van der Waals surface area contributed by atoms with Gasteiger partial charge in [-0.3, -0.25) is 9.59 Å². The van der Waals surface area contributed by atoms with E-state index in [-0.39, 0.29) is 11.8 Å². The van der Waals surface area contributed by atoms with E-state index in [9.17, 15) is 9.59 Å². The third-order valence-corrected chi connectivity index (χ3v) is 6.47. The summed E-state index contributed by atoms with van der Waals surface area (Å²) in [6, 6.07) is 24.1. The Morgan fingerprint density at radius 1 is 1.00 bits per heavy atom. The third-order valence-electron chi connectivity index (χ3n) is 5.05. The van der Waals surface area contributed by atoms with Gasteiger partial charge in [-0.15, -0.1) is 0 Å². The fraction of sp³-hybridized carbons (Fsp3) is 0.167. The van der Waals surface area contributed by atoms with Gasteiger partial charge in [0.05, 0.1) is 10.7 Å². The molecule has 4 rings (SSSR count). The van der Waals surface area contributed by atoms with Crippen LogP contribution in [0.1, 0.15) is 21.5 Å². The Labute approximate surface area is 185 Å². The van der Waals surface area contributed by atoms with Crippen molar-refractivity contribution in [1.29, 1.82) is 0 Å². The van der Waals surface area contributed by atoms with Gasteiger partial charge in [0, 0.05) is 23.6 Å². The minimum absolute atomic E-state index is 0.106. The predicted molar refractivity (Wildman–Crippen MR) is 123 cm³/mol. The lowest BCUT2D eigenvalue weighted by molar-refractivity contribution is -0.119. The molecule has 1 heterocycles. The molecule has 0 saturated heterocycles. The van der Waals surface area contributed by atoms with E-state index in [1.54, 1.807) is 28.8 Å². The number of carbonyl (C=O) groups is 2. The molecule has 2 amide bonds. The minimum Gasteiger partial charge on any atom is -0.323 e. The van der Waals surface area contributed by atoms with Gasteiger partial charge in [0.1, 0.15) is 6.04 Å². The number of carbonyl (C=O) groups excluding carboxylic acids is 2. The second-order valence-electron chi connectivity index (χ2n) is 7.08. The van der Waals surface area contributed by atoms with Crippen molar-refractivity contribution in [2.45, 2.75) is 18.3 Å². The molecule has 0 radical (unpaired) electrons. The number of nitrogens with one attached hydrogen (secondary N) is 1. The van der Waals surface area contributed by atoms with Crippen LogP contribution in [0, 0.1) is 0 Å². The summed E-state index contributed by atoms with van der Waals surface area (Å²) in [5, 5.41) is 3.38. The SMILES string of the molecule is O=C(Nc1ccccc1Cl)[C@H](CSCc1ccccc1)N1Cc2ccccc2C1=O. The molecule has 4 nitrogen and oxygen atoms in total. The molecule has 0 aliphatic carbocycles. The second kappa shape index (κ2) is 9.37. The van der Waals surface area contributed by atoms with Crippen LogP contribution in [0.4, 0.5) is 5.69 Å². The van der Waals surface area contributed by atoms with Crippen molar-refractivity contribution in [2.24, 2.45) is 0 Å². The van der Waals surface area contributed by atoms with E-state index in [4.69, 9.17) is 11.6 Å². The van der Waals surface area contributed by atoms with Gasteiger partial charge >= 0.3 is 0 Å². The van der Waals surface area contributed by atoms with Gasteiger partial charge in [-0.2, -0.15) is 11.8 Å². The maximum Gasteiger partial charge on any atom is 0.255 e. The quantitative estimate of drug-likeness (QED) is 0.551. The first-order chi connectivity index (χ1) is 14.6. The number of thioether (sulfide) groups is 1. The number of anilines is 1. The molecule has 0 bridgehead atoms. The number of hydrogen-bond donors (Lipinski definition) is 1. The lowest BCUT2D eigenvalue weighted by Gasteiger charge is -2.27. The Kier molecular flexibility index (Phi) is 6.41. The number of nitrogens with zero attached hydrogens (tertiary/aromatic N) is 1. The lowest BCUT2D eigenvalue weighted by Crippen LogP contribution is -2.46. The maximum absolute atomic E-state index is 13.2. The van der Waals surface area contributed by atoms with E-state index in [1.807, 2.05) is 54.6 Å². The molecule has 3 aromatic rings. The van der Waals surface area contributed by atoms with Crippen LogP contribution < -0.4 is 5.32 Å². The van der Waals surface area contributed by atoms with Crippen molar-refractivity contribution < 1.29 is 9.59 Å². The van der Waals surface area contributed by atoms with E-state index in [0.29, 0.717) is 28.6 Å². The van der Waals surface area contributed by atoms with Gasteiger partial charge in [0.25, 0.3) is 5.91 Å². The smallest absolute Gasteiger partial charge is 0.255 e. The Morgan fingerprint density at radius 2 is 1.70 bits per heavy atom. The molecule has 6 heteroatoms. The number of benzene rings is 3. The van der Waals surface area contributed by atoms with Gasteiger partial charge in [-0.05, 0) is 29.3 Å². The van der Waals surface area contributed by atoms with E-state index < -0.39 is 6.04 Å². The van der Waals surface area contributed by atoms with Gasteiger partial charge in [0.2, 0.25) is 5.91 Å². The molecule has 0 aromatic heterocycles. The predicted octanol–water partition coefficient (Wildman–Crippen LogP) is 5.24. The molecule has 0 spiro atoms. The normalized spacial score (nSPS) is 13.8. The highest BCUT2D eigenvalue weighted by Crippen LogP contribution is 2.28. The van der Waals surface area contributed by atoms with Crippen molar-refractivity contribution in [3.05, 3.63) is 101 Å². The maximum atomic E-state index is 13.2. The van der Waals surface area contributed by atoms with Crippen LogP contribution in [0.15, 0.2) is 78.9 Å². The monoisotopic (exact) mass is 436 g/mol. The zero-order chi connectivity index (χ0) is 20.9. The molecule has 0 unspecified atom stereocenters. The molecular weight excluding hydrogens is 416 g/mol. The highest BCUT2D eigenvalue weighted by molar-refractivity contribution is 7.98. The molecule has 1 atom stereocenters. The lowest BCUT2D eigenvalue weighted by atomic mass is 10.1. The van der Waals surface area contributed by atoms with Crippen molar-refractivity contribution in [3.63, 3.8) is 0 Å². The molecule has 1 aliphatic heterocycles. The molecule has 0 fully saturated rings. The Morgan fingerprint density at radius 3 is 2.47 bits per heavy atom. The van der Waals surface area contributed by atoms with E-state index in [0.717, 1.165) is 11.3 Å². The topological polar surface area (TPSA) is 49.4 Å². The van der Waals surface area contributed by atoms with Crippen LogP contribution in [0.3, 0.4) is 0 Å². The summed E-state index contributed by atoms with van der Waals surface area (Å²) >= 11 is 7.86. The summed E-state index contributed by atoms with van der Waals surface area (Å²) in [5.41, 5.74) is 3.35. The van der Waals surface area contributed by atoms with Crippen LogP contribution in [0.2, 0.25) is 5.02 Å².